The first-order valence-corrected chi connectivity index (χ1v) is 6.72. The van der Waals surface area contributed by atoms with Crippen LogP contribution in [-0.2, 0) is 6.42 Å². The Labute approximate surface area is 108 Å². The second kappa shape index (κ2) is 6.00. The molecule has 1 amide bonds. The summed E-state index contributed by atoms with van der Waals surface area (Å²) in [5, 5.41) is 10.2. The molecule has 0 spiro atoms. The summed E-state index contributed by atoms with van der Waals surface area (Å²) in [6.45, 7) is 4.79. The van der Waals surface area contributed by atoms with Crippen molar-refractivity contribution in [1.29, 1.82) is 0 Å². The third kappa shape index (κ3) is 2.90. The molecule has 0 bridgehead atoms. The van der Waals surface area contributed by atoms with Crippen LogP contribution >= 0.6 is 0 Å². The number of likely N-dealkylation sites (tertiary alicyclic amines) is 1. The summed E-state index contributed by atoms with van der Waals surface area (Å²) in [6.07, 6.45) is 3.04. The molecule has 2 N–H and O–H groups in total. The van der Waals surface area contributed by atoms with E-state index in [0.29, 0.717) is 11.6 Å². The second-order valence-corrected chi connectivity index (χ2v) is 4.93. The fourth-order valence-electron chi connectivity index (χ4n) is 2.44. The molecule has 5 heteroatoms. The zero-order valence-electron chi connectivity index (χ0n) is 11.2. The largest absolute Gasteiger partial charge is 0.337 e. The van der Waals surface area contributed by atoms with Gasteiger partial charge in [0.2, 0.25) is 0 Å². The van der Waals surface area contributed by atoms with E-state index in [1.807, 2.05) is 24.9 Å². The molecule has 1 aromatic rings. The highest BCUT2D eigenvalue weighted by atomic mass is 16.2. The first kappa shape index (κ1) is 13.1. The summed E-state index contributed by atoms with van der Waals surface area (Å²) in [5.74, 6) is 0.762. The van der Waals surface area contributed by atoms with Gasteiger partial charge in [0.25, 0.3) is 5.91 Å². The van der Waals surface area contributed by atoms with Crippen LogP contribution in [0, 0.1) is 5.92 Å². The molecule has 1 aromatic heterocycles. The van der Waals surface area contributed by atoms with Crippen molar-refractivity contribution in [3.05, 3.63) is 17.5 Å². The third-order valence-corrected chi connectivity index (χ3v) is 3.63. The molecule has 1 aliphatic rings. The van der Waals surface area contributed by atoms with E-state index in [4.69, 9.17) is 0 Å². The van der Waals surface area contributed by atoms with Gasteiger partial charge in [-0.25, -0.2) is 0 Å². The van der Waals surface area contributed by atoms with Gasteiger partial charge in [-0.15, -0.1) is 0 Å². The normalized spacial score (nSPS) is 17.1. The third-order valence-electron chi connectivity index (χ3n) is 3.63. The number of hydrogen-bond donors (Lipinski definition) is 2. The average Bonchev–Trinajstić information content (AvgIpc) is 2.88. The topological polar surface area (TPSA) is 61.0 Å². The molecule has 1 fully saturated rings. The average molecular weight is 250 g/mol. The molecule has 0 aliphatic carbocycles. The summed E-state index contributed by atoms with van der Waals surface area (Å²) in [4.78, 5) is 14.1. The fourth-order valence-corrected chi connectivity index (χ4v) is 2.44. The summed E-state index contributed by atoms with van der Waals surface area (Å²) >= 11 is 0. The molecule has 0 saturated carbocycles. The summed E-state index contributed by atoms with van der Waals surface area (Å²) in [7, 11) is 1.98. The van der Waals surface area contributed by atoms with Crippen molar-refractivity contribution < 1.29 is 4.79 Å². The number of piperidine rings is 1. The van der Waals surface area contributed by atoms with E-state index in [2.05, 4.69) is 15.5 Å². The Kier molecular flexibility index (Phi) is 4.36. The van der Waals surface area contributed by atoms with Crippen LogP contribution in [0.5, 0.6) is 0 Å². The molecule has 2 heterocycles. The minimum atomic E-state index is 0.0638. The Morgan fingerprint density at radius 2 is 2.28 bits per heavy atom. The Morgan fingerprint density at radius 3 is 2.83 bits per heavy atom. The maximum absolute atomic E-state index is 12.2. The van der Waals surface area contributed by atoms with E-state index in [9.17, 15) is 4.79 Å². The number of H-pyrrole nitrogens is 1. The monoisotopic (exact) mass is 250 g/mol. The van der Waals surface area contributed by atoms with Crippen LogP contribution < -0.4 is 5.32 Å². The van der Waals surface area contributed by atoms with Crippen LogP contribution in [0.15, 0.2) is 6.07 Å². The van der Waals surface area contributed by atoms with E-state index < -0.39 is 0 Å². The number of amides is 1. The molecular formula is C13H22N4O. The van der Waals surface area contributed by atoms with Gasteiger partial charge in [-0.1, -0.05) is 6.92 Å². The van der Waals surface area contributed by atoms with Crippen molar-refractivity contribution in [3.8, 4) is 0 Å². The van der Waals surface area contributed by atoms with Gasteiger partial charge in [0.1, 0.15) is 5.69 Å². The van der Waals surface area contributed by atoms with Crippen LogP contribution in [0.4, 0.5) is 0 Å². The van der Waals surface area contributed by atoms with Gasteiger partial charge in [-0.05, 0) is 44.8 Å². The van der Waals surface area contributed by atoms with Crippen LogP contribution in [-0.4, -0.2) is 47.7 Å². The zero-order chi connectivity index (χ0) is 13.0. The molecule has 0 aromatic carbocycles. The number of aryl methyl sites for hydroxylation is 1. The van der Waals surface area contributed by atoms with Gasteiger partial charge in [-0.3, -0.25) is 9.89 Å². The highest BCUT2D eigenvalue weighted by Crippen LogP contribution is 2.18. The Morgan fingerprint density at radius 1 is 1.56 bits per heavy atom. The highest BCUT2D eigenvalue weighted by molar-refractivity contribution is 5.92. The lowest BCUT2D eigenvalue weighted by Crippen LogP contribution is -2.40. The van der Waals surface area contributed by atoms with Crippen LogP contribution in [0.1, 0.15) is 35.9 Å². The second-order valence-electron chi connectivity index (χ2n) is 4.93. The summed E-state index contributed by atoms with van der Waals surface area (Å²) in [6, 6.07) is 1.86. The fraction of sp³-hybridized carbons (Fsp3) is 0.692. The molecule has 0 unspecified atom stereocenters. The van der Waals surface area contributed by atoms with Gasteiger partial charge >= 0.3 is 0 Å². The van der Waals surface area contributed by atoms with Crippen molar-refractivity contribution in [2.45, 2.75) is 26.2 Å². The van der Waals surface area contributed by atoms with Gasteiger partial charge in [0.15, 0.2) is 0 Å². The molecule has 1 saturated heterocycles. The maximum Gasteiger partial charge on any atom is 0.274 e. The minimum Gasteiger partial charge on any atom is -0.337 e. The van der Waals surface area contributed by atoms with Crippen LogP contribution in [0.2, 0.25) is 0 Å². The predicted octanol–water partition coefficient (Wildman–Crippen LogP) is 1.04. The van der Waals surface area contributed by atoms with Crippen LogP contribution in [0.3, 0.4) is 0 Å². The number of carbonyl (C=O) groups excluding carboxylic acids is 1. The van der Waals surface area contributed by atoms with Crippen molar-refractivity contribution in [3.63, 3.8) is 0 Å². The summed E-state index contributed by atoms with van der Waals surface area (Å²) < 4.78 is 0. The van der Waals surface area contributed by atoms with E-state index in [1.54, 1.807) is 0 Å². The zero-order valence-corrected chi connectivity index (χ0v) is 11.2. The standard InChI is InChI=1S/C13H22N4O/c1-3-11-8-12(16-15-11)13(18)17-6-4-10(5-7-17)9-14-2/h8,10,14H,3-7,9H2,1-2H3,(H,15,16). The summed E-state index contributed by atoms with van der Waals surface area (Å²) in [5.41, 5.74) is 1.57. The Hall–Kier alpha value is -1.36. The predicted molar refractivity (Wildman–Crippen MR) is 70.5 cm³/mol. The lowest BCUT2D eigenvalue weighted by molar-refractivity contribution is 0.0685. The molecule has 0 atom stereocenters. The van der Waals surface area contributed by atoms with E-state index >= 15 is 0 Å². The molecule has 18 heavy (non-hydrogen) atoms. The number of aromatic amines is 1. The van der Waals surface area contributed by atoms with Crippen LogP contribution in [0.25, 0.3) is 0 Å². The van der Waals surface area contributed by atoms with Gasteiger partial charge in [0.05, 0.1) is 0 Å². The molecule has 0 radical (unpaired) electrons. The first-order chi connectivity index (χ1) is 8.74. The Balaban J connectivity index is 1.91. The lowest BCUT2D eigenvalue weighted by atomic mass is 9.96. The number of nitrogens with zero attached hydrogens (tertiary/aromatic N) is 2. The number of aromatic nitrogens is 2. The molecule has 2 rings (SSSR count). The molecule has 1 aliphatic heterocycles. The van der Waals surface area contributed by atoms with Crippen molar-refractivity contribution in [2.75, 3.05) is 26.7 Å². The first-order valence-electron chi connectivity index (χ1n) is 6.72. The smallest absolute Gasteiger partial charge is 0.274 e. The number of rotatable bonds is 4. The molecular weight excluding hydrogens is 228 g/mol. The van der Waals surface area contributed by atoms with Gasteiger partial charge < -0.3 is 10.2 Å². The van der Waals surface area contributed by atoms with Crippen molar-refractivity contribution in [2.24, 2.45) is 5.92 Å². The van der Waals surface area contributed by atoms with Crippen molar-refractivity contribution >= 4 is 5.91 Å². The quantitative estimate of drug-likeness (QED) is 0.839. The van der Waals surface area contributed by atoms with E-state index in [0.717, 1.165) is 44.6 Å². The van der Waals surface area contributed by atoms with Crippen molar-refractivity contribution in [1.82, 2.24) is 20.4 Å². The molecule has 5 nitrogen and oxygen atoms in total. The maximum atomic E-state index is 12.2. The Bertz CT molecular complexity index is 393. The van der Waals surface area contributed by atoms with Gasteiger partial charge in [-0.2, -0.15) is 5.10 Å². The molecule has 100 valence electrons. The van der Waals surface area contributed by atoms with E-state index in [1.165, 1.54) is 0 Å². The number of nitrogens with one attached hydrogen (secondary N) is 2. The number of hydrogen-bond acceptors (Lipinski definition) is 3. The van der Waals surface area contributed by atoms with E-state index in [-0.39, 0.29) is 5.91 Å². The minimum absolute atomic E-state index is 0.0638. The lowest BCUT2D eigenvalue weighted by Gasteiger charge is -2.31. The SMILES string of the molecule is CCc1cc(C(=O)N2CCC(CNC)CC2)n[nH]1. The highest BCUT2D eigenvalue weighted by Gasteiger charge is 2.24. The van der Waals surface area contributed by atoms with Gasteiger partial charge in [0, 0.05) is 18.8 Å². The number of carbonyl (C=O) groups is 1.